The first-order chi connectivity index (χ1) is 11.4. The average molecular weight is 347 g/mol. The van der Waals surface area contributed by atoms with Crippen molar-refractivity contribution in [2.75, 3.05) is 6.54 Å². The first-order valence-electron chi connectivity index (χ1n) is 7.68. The van der Waals surface area contributed by atoms with Crippen molar-refractivity contribution in [3.05, 3.63) is 46.1 Å². The fourth-order valence-electron chi connectivity index (χ4n) is 2.65. The van der Waals surface area contributed by atoms with Crippen LogP contribution >= 0.6 is 11.6 Å². The van der Waals surface area contributed by atoms with E-state index in [-0.39, 0.29) is 22.7 Å². The predicted molar refractivity (Wildman–Crippen MR) is 91.5 cm³/mol. The number of carbonyl (C=O) groups excluding carboxylic acids is 1. The second kappa shape index (κ2) is 6.24. The molecule has 0 saturated heterocycles. The largest absolute Gasteiger partial charge is 0.348 e. The maximum atomic E-state index is 12.4. The van der Waals surface area contributed by atoms with E-state index >= 15 is 0 Å². The van der Waals surface area contributed by atoms with Gasteiger partial charge >= 0.3 is 0 Å². The molecule has 0 aliphatic carbocycles. The zero-order valence-electron chi connectivity index (χ0n) is 14.0. The molecular formula is C16H19ClN6O. The Bertz CT molecular complexity index is 913. The first-order valence-corrected chi connectivity index (χ1v) is 8.06. The van der Waals surface area contributed by atoms with Gasteiger partial charge in [0.2, 0.25) is 0 Å². The third-order valence-corrected chi connectivity index (χ3v) is 4.13. The van der Waals surface area contributed by atoms with Crippen molar-refractivity contribution in [2.45, 2.75) is 33.7 Å². The second-order valence-corrected chi connectivity index (χ2v) is 6.37. The SMILES string of the molecule is Cc1cnc2c(Cl)c(C(=O)NC[C@H](C)n3nc(C)cc3C)nn2c1. The molecule has 0 aliphatic rings. The molecule has 0 saturated carbocycles. The Labute approximate surface area is 144 Å². The topological polar surface area (TPSA) is 77.1 Å². The Balaban J connectivity index is 1.75. The van der Waals surface area contributed by atoms with Crippen LogP contribution in [-0.2, 0) is 0 Å². The molecule has 0 bridgehead atoms. The van der Waals surface area contributed by atoms with Crippen molar-refractivity contribution in [3.8, 4) is 0 Å². The molecule has 0 radical (unpaired) electrons. The highest BCUT2D eigenvalue weighted by Crippen LogP contribution is 2.20. The molecule has 0 unspecified atom stereocenters. The molecule has 8 heteroatoms. The fourth-order valence-corrected chi connectivity index (χ4v) is 2.91. The van der Waals surface area contributed by atoms with Crippen LogP contribution in [0.5, 0.6) is 0 Å². The number of halogens is 1. The highest BCUT2D eigenvalue weighted by atomic mass is 35.5. The Morgan fingerprint density at radius 1 is 1.33 bits per heavy atom. The lowest BCUT2D eigenvalue weighted by atomic mass is 10.3. The van der Waals surface area contributed by atoms with E-state index in [1.165, 1.54) is 4.52 Å². The van der Waals surface area contributed by atoms with Crippen LogP contribution < -0.4 is 5.32 Å². The van der Waals surface area contributed by atoms with E-state index in [1.807, 2.05) is 38.4 Å². The highest BCUT2D eigenvalue weighted by Gasteiger charge is 2.20. The summed E-state index contributed by atoms with van der Waals surface area (Å²) < 4.78 is 3.42. The first kappa shape index (κ1) is 16.4. The average Bonchev–Trinajstić information content (AvgIpc) is 3.04. The van der Waals surface area contributed by atoms with E-state index < -0.39 is 0 Å². The standard InChI is InChI=1S/C16H19ClN6O/c1-9-6-18-15-13(17)14(21-22(15)8-9)16(24)19-7-12(4)23-11(3)5-10(2)20-23/h5-6,8,12H,7H2,1-4H3,(H,19,24)/t12-/m0/s1. The third kappa shape index (κ3) is 2.99. The van der Waals surface area contributed by atoms with Gasteiger partial charge in [0, 0.05) is 24.6 Å². The summed E-state index contributed by atoms with van der Waals surface area (Å²) in [5.74, 6) is -0.323. The molecule has 1 atom stereocenters. The molecule has 0 spiro atoms. The molecule has 0 aromatic carbocycles. The molecule has 3 aromatic heterocycles. The van der Waals surface area contributed by atoms with Crippen LogP contribution in [0, 0.1) is 20.8 Å². The fraction of sp³-hybridized carbons (Fsp3) is 0.375. The Kier molecular flexibility index (Phi) is 4.28. The van der Waals surface area contributed by atoms with E-state index in [0.29, 0.717) is 12.2 Å². The summed E-state index contributed by atoms with van der Waals surface area (Å²) in [6.07, 6.45) is 3.47. The zero-order valence-corrected chi connectivity index (χ0v) is 14.8. The van der Waals surface area contributed by atoms with E-state index in [9.17, 15) is 4.79 Å². The molecule has 7 nitrogen and oxygen atoms in total. The van der Waals surface area contributed by atoms with Crippen LogP contribution in [-0.4, -0.2) is 36.8 Å². The quantitative estimate of drug-likeness (QED) is 0.787. The van der Waals surface area contributed by atoms with Crippen molar-refractivity contribution < 1.29 is 4.79 Å². The number of hydrogen-bond acceptors (Lipinski definition) is 4. The molecule has 3 aromatic rings. The number of aromatic nitrogens is 5. The summed E-state index contributed by atoms with van der Waals surface area (Å²) >= 11 is 6.24. The Hall–Kier alpha value is -2.41. The van der Waals surface area contributed by atoms with Crippen molar-refractivity contribution in [2.24, 2.45) is 0 Å². The van der Waals surface area contributed by atoms with Crippen LogP contribution in [0.4, 0.5) is 0 Å². The molecule has 1 amide bonds. The molecule has 0 aliphatic heterocycles. The van der Waals surface area contributed by atoms with E-state index in [2.05, 4.69) is 20.5 Å². The number of amides is 1. The number of rotatable bonds is 4. The van der Waals surface area contributed by atoms with Gasteiger partial charge in [0.1, 0.15) is 5.02 Å². The van der Waals surface area contributed by atoms with E-state index in [4.69, 9.17) is 11.6 Å². The van der Waals surface area contributed by atoms with Gasteiger partial charge in [0.05, 0.1) is 11.7 Å². The summed E-state index contributed by atoms with van der Waals surface area (Å²) in [5.41, 5.74) is 3.59. The molecule has 24 heavy (non-hydrogen) atoms. The molecule has 3 heterocycles. The van der Waals surface area contributed by atoms with Crippen molar-refractivity contribution >= 4 is 23.2 Å². The van der Waals surface area contributed by atoms with Gasteiger partial charge in [0.25, 0.3) is 5.91 Å². The number of nitrogens with zero attached hydrogens (tertiary/aromatic N) is 5. The van der Waals surface area contributed by atoms with E-state index in [0.717, 1.165) is 17.0 Å². The van der Waals surface area contributed by atoms with Gasteiger partial charge in [-0.15, -0.1) is 0 Å². The third-order valence-electron chi connectivity index (χ3n) is 3.78. The molecular weight excluding hydrogens is 328 g/mol. The normalized spacial score (nSPS) is 12.5. The molecule has 0 fully saturated rings. The van der Waals surface area contributed by atoms with Crippen molar-refractivity contribution in [1.29, 1.82) is 0 Å². The van der Waals surface area contributed by atoms with Crippen molar-refractivity contribution in [1.82, 2.24) is 29.7 Å². The molecule has 126 valence electrons. The molecule has 3 rings (SSSR count). The number of nitrogens with one attached hydrogen (secondary N) is 1. The minimum absolute atomic E-state index is 0.0267. The summed E-state index contributed by atoms with van der Waals surface area (Å²) in [7, 11) is 0. The Morgan fingerprint density at radius 3 is 2.75 bits per heavy atom. The van der Waals surface area contributed by atoms with Gasteiger partial charge in [-0.25, -0.2) is 9.50 Å². The molecule has 1 N–H and O–H groups in total. The van der Waals surface area contributed by atoms with E-state index in [1.54, 1.807) is 12.4 Å². The van der Waals surface area contributed by atoms with Gasteiger partial charge < -0.3 is 5.32 Å². The van der Waals surface area contributed by atoms with Crippen LogP contribution in [0.25, 0.3) is 5.65 Å². The highest BCUT2D eigenvalue weighted by molar-refractivity contribution is 6.36. The monoisotopic (exact) mass is 346 g/mol. The number of fused-ring (bicyclic) bond motifs is 1. The predicted octanol–water partition coefficient (Wildman–Crippen LogP) is 2.50. The Morgan fingerprint density at radius 2 is 2.08 bits per heavy atom. The lowest BCUT2D eigenvalue weighted by Gasteiger charge is -2.14. The second-order valence-electron chi connectivity index (χ2n) is 5.99. The van der Waals surface area contributed by atoms with Crippen LogP contribution in [0.15, 0.2) is 18.5 Å². The maximum absolute atomic E-state index is 12.4. The minimum atomic E-state index is -0.323. The van der Waals surface area contributed by atoms with Crippen molar-refractivity contribution in [3.63, 3.8) is 0 Å². The lowest BCUT2D eigenvalue weighted by Crippen LogP contribution is -2.30. The summed E-state index contributed by atoms with van der Waals surface area (Å²) in [5, 5.41) is 11.8. The van der Waals surface area contributed by atoms with Gasteiger partial charge in [-0.2, -0.15) is 10.2 Å². The van der Waals surface area contributed by atoms with Gasteiger partial charge in [-0.3, -0.25) is 9.48 Å². The van der Waals surface area contributed by atoms with Gasteiger partial charge in [-0.05, 0) is 39.3 Å². The smallest absolute Gasteiger partial charge is 0.273 e. The lowest BCUT2D eigenvalue weighted by molar-refractivity contribution is 0.0942. The van der Waals surface area contributed by atoms with Gasteiger partial charge in [0.15, 0.2) is 11.3 Å². The van der Waals surface area contributed by atoms with Gasteiger partial charge in [-0.1, -0.05) is 11.6 Å². The number of aryl methyl sites for hydroxylation is 3. The van der Waals surface area contributed by atoms with Crippen LogP contribution in [0.2, 0.25) is 5.02 Å². The van der Waals surface area contributed by atoms with Crippen LogP contribution in [0.3, 0.4) is 0 Å². The maximum Gasteiger partial charge on any atom is 0.273 e. The number of carbonyl (C=O) groups is 1. The summed E-state index contributed by atoms with van der Waals surface area (Å²) in [6, 6.07) is 2.03. The number of hydrogen-bond donors (Lipinski definition) is 1. The summed E-state index contributed by atoms with van der Waals surface area (Å²) in [6.45, 7) is 8.26. The summed E-state index contributed by atoms with van der Waals surface area (Å²) in [4.78, 5) is 16.6. The zero-order chi connectivity index (χ0) is 17.4. The minimum Gasteiger partial charge on any atom is -0.348 e. The van der Waals surface area contributed by atoms with Crippen LogP contribution in [0.1, 0.15) is 40.4 Å².